The standard InChI is InChI=1S/C15H21N5O/c1-3-12-6-14(19(2)18-12)10-20-15(21)7-13(9-17-20)16-8-11-4-5-11/h6-7,9,11,16H,3-5,8,10H2,1-2H3. The molecule has 112 valence electrons. The Kier molecular flexibility index (Phi) is 3.77. The number of nitrogens with zero attached hydrogens (tertiary/aromatic N) is 4. The van der Waals surface area contributed by atoms with Crippen molar-refractivity contribution in [1.82, 2.24) is 19.6 Å². The summed E-state index contributed by atoms with van der Waals surface area (Å²) in [6, 6.07) is 3.64. The van der Waals surface area contributed by atoms with Gasteiger partial charge in [-0.1, -0.05) is 6.92 Å². The predicted octanol–water partition coefficient (Wildman–Crippen LogP) is 1.41. The lowest BCUT2D eigenvalue weighted by molar-refractivity contribution is 0.590. The number of hydrogen-bond donors (Lipinski definition) is 1. The predicted molar refractivity (Wildman–Crippen MR) is 81.4 cm³/mol. The second-order valence-electron chi connectivity index (χ2n) is 5.67. The molecule has 2 aromatic heterocycles. The van der Waals surface area contributed by atoms with Gasteiger partial charge in [0.25, 0.3) is 5.56 Å². The molecule has 0 amide bonds. The van der Waals surface area contributed by atoms with Crippen LogP contribution in [0.5, 0.6) is 0 Å². The van der Waals surface area contributed by atoms with E-state index in [9.17, 15) is 4.79 Å². The molecule has 1 aliphatic carbocycles. The molecule has 0 unspecified atom stereocenters. The molecule has 0 radical (unpaired) electrons. The number of rotatable bonds is 6. The summed E-state index contributed by atoms with van der Waals surface area (Å²) in [7, 11) is 1.89. The number of aromatic nitrogens is 4. The SMILES string of the molecule is CCc1cc(Cn2ncc(NCC3CC3)cc2=O)n(C)n1. The fourth-order valence-corrected chi connectivity index (χ4v) is 2.28. The molecule has 0 aliphatic heterocycles. The Morgan fingerprint density at radius 1 is 1.38 bits per heavy atom. The highest BCUT2D eigenvalue weighted by Gasteiger charge is 2.20. The summed E-state index contributed by atoms with van der Waals surface area (Å²) >= 11 is 0. The van der Waals surface area contributed by atoms with Crippen molar-refractivity contribution in [2.75, 3.05) is 11.9 Å². The first-order valence-electron chi connectivity index (χ1n) is 7.48. The van der Waals surface area contributed by atoms with E-state index in [1.54, 1.807) is 12.3 Å². The first kappa shape index (κ1) is 13.9. The van der Waals surface area contributed by atoms with Crippen LogP contribution in [-0.4, -0.2) is 26.1 Å². The van der Waals surface area contributed by atoms with Crippen LogP contribution >= 0.6 is 0 Å². The van der Waals surface area contributed by atoms with E-state index in [1.165, 1.54) is 17.5 Å². The van der Waals surface area contributed by atoms with Gasteiger partial charge < -0.3 is 5.32 Å². The van der Waals surface area contributed by atoms with E-state index in [0.29, 0.717) is 6.54 Å². The molecule has 2 heterocycles. The molecule has 6 nitrogen and oxygen atoms in total. The number of hydrogen-bond acceptors (Lipinski definition) is 4. The summed E-state index contributed by atoms with van der Waals surface area (Å²) in [5.74, 6) is 0.773. The molecule has 0 spiro atoms. The summed E-state index contributed by atoms with van der Waals surface area (Å²) < 4.78 is 3.28. The van der Waals surface area contributed by atoms with Crippen LogP contribution in [0.25, 0.3) is 0 Å². The minimum absolute atomic E-state index is 0.0879. The van der Waals surface area contributed by atoms with E-state index < -0.39 is 0 Å². The molecule has 1 N–H and O–H groups in total. The minimum atomic E-state index is -0.0879. The molecule has 21 heavy (non-hydrogen) atoms. The van der Waals surface area contributed by atoms with Crippen LogP contribution in [0.3, 0.4) is 0 Å². The fourth-order valence-electron chi connectivity index (χ4n) is 2.28. The maximum absolute atomic E-state index is 12.1. The number of nitrogens with one attached hydrogen (secondary N) is 1. The monoisotopic (exact) mass is 287 g/mol. The van der Waals surface area contributed by atoms with Crippen LogP contribution in [0, 0.1) is 5.92 Å². The lowest BCUT2D eigenvalue weighted by Crippen LogP contribution is -2.24. The van der Waals surface area contributed by atoms with E-state index in [-0.39, 0.29) is 5.56 Å². The first-order chi connectivity index (χ1) is 10.2. The van der Waals surface area contributed by atoms with Crippen LogP contribution < -0.4 is 10.9 Å². The number of aryl methyl sites for hydroxylation is 2. The van der Waals surface area contributed by atoms with Gasteiger partial charge in [-0.15, -0.1) is 0 Å². The van der Waals surface area contributed by atoms with Crippen molar-refractivity contribution >= 4 is 5.69 Å². The van der Waals surface area contributed by atoms with Gasteiger partial charge in [0.15, 0.2) is 0 Å². The van der Waals surface area contributed by atoms with E-state index >= 15 is 0 Å². The molecule has 1 saturated carbocycles. The van der Waals surface area contributed by atoms with Gasteiger partial charge in [0.05, 0.1) is 29.8 Å². The molecule has 0 saturated heterocycles. The van der Waals surface area contributed by atoms with Gasteiger partial charge in [-0.25, -0.2) is 4.68 Å². The Labute approximate surface area is 123 Å². The molecule has 1 aliphatic rings. The Hall–Kier alpha value is -2.11. The Bertz CT molecular complexity index is 684. The van der Waals surface area contributed by atoms with Gasteiger partial charge in [0.1, 0.15) is 0 Å². The molecule has 0 aromatic carbocycles. The maximum Gasteiger partial charge on any atom is 0.269 e. The largest absolute Gasteiger partial charge is 0.383 e. The molecule has 1 fully saturated rings. The highest BCUT2D eigenvalue weighted by atomic mass is 16.1. The second-order valence-corrected chi connectivity index (χ2v) is 5.67. The fraction of sp³-hybridized carbons (Fsp3) is 0.533. The third-order valence-corrected chi connectivity index (χ3v) is 3.86. The topological polar surface area (TPSA) is 64.7 Å². The van der Waals surface area contributed by atoms with Crippen LogP contribution in [-0.2, 0) is 20.0 Å². The smallest absolute Gasteiger partial charge is 0.269 e. The molecule has 6 heteroatoms. The zero-order valence-electron chi connectivity index (χ0n) is 12.5. The zero-order chi connectivity index (χ0) is 14.8. The molecular formula is C15H21N5O. The third kappa shape index (κ3) is 3.32. The Morgan fingerprint density at radius 2 is 2.19 bits per heavy atom. The average Bonchev–Trinajstić information content (AvgIpc) is 3.23. The number of anilines is 1. The van der Waals surface area contributed by atoms with Crippen molar-refractivity contribution in [3.05, 3.63) is 40.1 Å². The van der Waals surface area contributed by atoms with Gasteiger partial charge in [-0.2, -0.15) is 10.2 Å². The van der Waals surface area contributed by atoms with Crippen molar-refractivity contribution in [3.8, 4) is 0 Å². The van der Waals surface area contributed by atoms with E-state index in [2.05, 4.69) is 22.4 Å². The normalized spacial score (nSPS) is 14.4. The third-order valence-electron chi connectivity index (χ3n) is 3.86. The molecule has 3 rings (SSSR count). The van der Waals surface area contributed by atoms with Crippen LogP contribution in [0.1, 0.15) is 31.2 Å². The lowest BCUT2D eigenvalue weighted by atomic mass is 10.3. The van der Waals surface area contributed by atoms with Gasteiger partial charge in [0, 0.05) is 19.7 Å². The van der Waals surface area contributed by atoms with E-state index in [1.807, 2.05) is 17.8 Å². The summed E-state index contributed by atoms with van der Waals surface area (Å²) in [5.41, 5.74) is 2.74. The van der Waals surface area contributed by atoms with Crippen molar-refractivity contribution in [2.45, 2.75) is 32.7 Å². The first-order valence-corrected chi connectivity index (χ1v) is 7.48. The van der Waals surface area contributed by atoms with Gasteiger partial charge in [-0.3, -0.25) is 9.48 Å². The summed E-state index contributed by atoms with van der Waals surface area (Å²) in [6.07, 6.45) is 5.19. The summed E-state index contributed by atoms with van der Waals surface area (Å²) in [4.78, 5) is 12.1. The van der Waals surface area contributed by atoms with E-state index in [4.69, 9.17) is 0 Å². The maximum atomic E-state index is 12.1. The summed E-state index contributed by atoms with van der Waals surface area (Å²) in [6.45, 7) is 3.45. The quantitative estimate of drug-likeness (QED) is 0.872. The van der Waals surface area contributed by atoms with Crippen LogP contribution in [0.2, 0.25) is 0 Å². The van der Waals surface area contributed by atoms with Crippen LogP contribution in [0.4, 0.5) is 5.69 Å². The van der Waals surface area contributed by atoms with Crippen molar-refractivity contribution < 1.29 is 0 Å². The minimum Gasteiger partial charge on any atom is -0.383 e. The average molecular weight is 287 g/mol. The van der Waals surface area contributed by atoms with Gasteiger partial charge >= 0.3 is 0 Å². The zero-order valence-corrected chi connectivity index (χ0v) is 12.5. The molecule has 0 atom stereocenters. The lowest BCUT2D eigenvalue weighted by Gasteiger charge is -2.07. The molecular weight excluding hydrogens is 266 g/mol. The van der Waals surface area contributed by atoms with Crippen molar-refractivity contribution in [1.29, 1.82) is 0 Å². The van der Waals surface area contributed by atoms with Crippen molar-refractivity contribution in [2.24, 2.45) is 13.0 Å². The Balaban J connectivity index is 1.72. The molecule has 2 aromatic rings. The van der Waals surface area contributed by atoms with Gasteiger partial charge in [0.2, 0.25) is 0 Å². The van der Waals surface area contributed by atoms with Crippen molar-refractivity contribution in [3.63, 3.8) is 0 Å². The van der Waals surface area contributed by atoms with Crippen LogP contribution in [0.15, 0.2) is 23.1 Å². The highest BCUT2D eigenvalue weighted by molar-refractivity contribution is 5.39. The second kappa shape index (κ2) is 5.71. The van der Waals surface area contributed by atoms with Gasteiger partial charge in [-0.05, 0) is 31.2 Å². The summed E-state index contributed by atoms with van der Waals surface area (Å²) in [5, 5.41) is 11.9. The highest BCUT2D eigenvalue weighted by Crippen LogP contribution is 2.28. The van der Waals surface area contributed by atoms with E-state index in [0.717, 1.165) is 36.0 Å². The molecule has 0 bridgehead atoms. The Morgan fingerprint density at radius 3 is 2.81 bits per heavy atom.